The van der Waals surface area contributed by atoms with Crippen LogP contribution in [0.15, 0.2) is 0 Å². The lowest BCUT2D eigenvalue weighted by Gasteiger charge is -2.39. The normalized spacial score (nSPS) is 22.7. The van der Waals surface area contributed by atoms with Gasteiger partial charge in [-0.3, -0.25) is 9.59 Å². The van der Waals surface area contributed by atoms with Crippen molar-refractivity contribution in [3.63, 3.8) is 0 Å². The van der Waals surface area contributed by atoms with Crippen LogP contribution in [0.25, 0.3) is 0 Å². The van der Waals surface area contributed by atoms with Gasteiger partial charge in [-0.15, -0.1) is 0 Å². The highest BCUT2D eigenvalue weighted by Crippen LogP contribution is 2.19. The number of carbonyl (C=O) groups is 2. The van der Waals surface area contributed by atoms with E-state index in [0.29, 0.717) is 13.1 Å². The number of piperidine rings is 1. The van der Waals surface area contributed by atoms with E-state index in [1.165, 1.54) is 0 Å². The molecule has 0 saturated carbocycles. The maximum absolute atomic E-state index is 12.0. The second kappa shape index (κ2) is 5.88. The molecular weight excluding hydrogens is 246 g/mol. The van der Waals surface area contributed by atoms with E-state index in [0.717, 1.165) is 25.9 Å². The molecular formula is C13H23N3O3. The van der Waals surface area contributed by atoms with E-state index in [4.69, 9.17) is 4.74 Å². The Kier molecular flexibility index (Phi) is 4.42. The Labute approximate surface area is 113 Å². The molecule has 0 spiro atoms. The third-order valence-corrected chi connectivity index (χ3v) is 4.01. The molecule has 2 aliphatic rings. The molecule has 0 aromatic heterocycles. The van der Waals surface area contributed by atoms with E-state index in [1.807, 2.05) is 6.92 Å². The number of ether oxygens (including phenoxy) is 1. The molecule has 108 valence electrons. The van der Waals surface area contributed by atoms with E-state index in [1.54, 1.807) is 11.9 Å². The summed E-state index contributed by atoms with van der Waals surface area (Å²) in [6.45, 7) is 5.06. The highest BCUT2D eigenvalue weighted by atomic mass is 16.5. The van der Waals surface area contributed by atoms with Gasteiger partial charge in [0.05, 0.1) is 5.60 Å². The average molecular weight is 269 g/mol. The summed E-state index contributed by atoms with van der Waals surface area (Å²) in [5.74, 6) is 0.156. The van der Waals surface area contributed by atoms with Crippen molar-refractivity contribution in [3.05, 3.63) is 0 Å². The molecule has 2 saturated heterocycles. The van der Waals surface area contributed by atoms with E-state index in [2.05, 4.69) is 10.6 Å². The van der Waals surface area contributed by atoms with Crippen molar-refractivity contribution < 1.29 is 14.3 Å². The fraction of sp³-hybridized carbons (Fsp3) is 0.846. The van der Waals surface area contributed by atoms with Crippen LogP contribution >= 0.6 is 0 Å². The van der Waals surface area contributed by atoms with Gasteiger partial charge in [0.25, 0.3) is 0 Å². The first-order valence-electron chi connectivity index (χ1n) is 6.88. The van der Waals surface area contributed by atoms with Crippen LogP contribution < -0.4 is 10.6 Å². The summed E-state index contributed by atoms with van der Waals surface area (Å²) in [4.78, 5) is 25.3. The highest BCUT2D eigenvalue weighted by Gasteiger charge is 2.34. The first-order chi connectivity index (χ1) is 9.04. The summed E-state index contributed by atoms with van der Waals surface area (Å²) in [7, 11) is 1.65. The fourth-order valence-corrected chi connectivity index (χ4v) is 2.50. The van der Waals surface area contributed by atoms with Gasteiger partial charge in [0.1, 0.15) is 6.61 Å². The van der Waals surface area contributed by atoms with Crippen LogP contribution in [0, 0.1) is 5.92 Å². The second-order valence-corrected chi connectivity index (χ2v) is 5.61. The van der Waals surface area contributed by atoms with Crippen LogP contribution in [0.4, 0.5) is 0 Å². The van der Waals surface area contributed by atoms with Gasteiger partial charge in [-0.1, -0.05) is 0 Å². The number of amides is 2. The van der Waals surface area contributed by atoms with E-state index < -0.39 is 0 Å². The SMILES string of the molecule is CNC(=O)C1CCN(C(=O)COC2(C)CNC2)CC1. The van der Waals surface area contributed by atoms with Gasteiger partial charge in [0.15, 0.2) is 0 Å². The predicted octanol–water partition coefficient (Wildman–Crippen LogP) is -0.650. The minimum atomic E-state index is -0.184. The summed E-state index contributed by atoms with van der Waals surface area (Å²) < 4.78 is 5.64. The minimum Gasteiger partial charge on any atom is -0.363 e. The maximum atomic E-state index is 12.0. The number of likely N-dealkylation sites (tertiary alicyclic amines) is 1. The molecule has 6 heteroatoms. The first-order valence-corrected chi connectivity index (χ1v) is 6.88. The zero-order chi connectivity index (χ0) is 13.9. The van der Waals surface area contributed by atoms with Gasteiger partial charge < -0.3 is 20.3 Å². The smallest absolute Gasteiger partial charge is 0.248 e. The van der Waals surface area contributed by atoms with Crippen LogP contribution in [-0.4, -0.2) is 62.1 Å². The molecule has 0 atom stereocenters. The number of nitrogens with one attached hydrogen (secondary N) is 2. The number of hydrogen-bond donors (Lipinski definition) is 2. The molecule has 0 radical (unpaired) electrons. The fourth-order valence-electron chi connectivity index (χ4n) is 2.50. The summed E-state index contributed by atoms with van der Waals surface area (Å²) in [6, 6.07) is 0. The molecule has 2 N–H and O–H groups in total. The Hall–Kier alpha value is -1.14. The molecule has 0 aliphatic carbocycles. The lowest BCUT2D eigenvalue weighted by molar-refractivity contribution is -0.148. The lowest BCUT2D eigenvalue weighted by atomic mass is 9.96. The molecule has 0 unspecified atom stereocenters. The van der Waals surface area contributed by atoms with E-state index in [9.17, 15) is 9.59 Å². The van der Waals surface area contributed by atoms with Gasteiger partial charge in [0, 0.05) is 39.1 Å². The summed E-state index contributed by atoms with van der Waals surface area (Å²) >= 11 is 0. The van der Waals surface area contributed by atoms with Crippen molar-refractivity contribution in [2.45, 2.75) is 25.4 Å². The monoisotopic (exact) mass is 269 g/mol. The summed E-state index contributed by atoms with van der Waals surface area (Å²) in [5.41, 5.74) is -0.184. The third-order valence-electron chi connectivity index (χ3n) is 4.01. The summed E-state index contributed by atoms with van der Waals surface area (Å²) in [5, 5.41) is 5.80. The zero-order valence-corrected chi connectivity index (χ0v) is 11.7. The quantitative estimate of drug-likeness (QED) is 0.711. The highest BCUT2D eigenvalue weighted by molar-refractivity contribution is 5.80. The third kappa shape index (κ3) is 3.45. The molecule has 0 aromatic carbocycles. The van der Waals surface area contributed by atoms with Crippen LogP contribution in [0.2, 0.25) is 0 Å². The molecule has 6 nitrogen and oxygen atoms in total. The molecule has 19 heavy (non-hydrogen) atoms. The van der Waals surface area contributed by atoms with Crippen molar-refractivity contribution in [3.8, 4) is 0 Å². The average Bonchev–Trinajstić information content (AvgIpc) is 2.42. The van der Waals surface area contributed by atoms with Crippen LogP contribution in [0.3, 0.4) is 0 Å². The Morgan fingerprint density at radius 3 is 2.47 bits per heavy atom. The van der Waals surface area contributed by atoms with Gasteiger partial charge >= 0.3 is 0 Å². The number of nitrogens with zero attached hydrogens (tertiary/aromatic N) is 1. The Morgan fingerprint density at radius 1 is 1.37 bits per heavy atom. The largest absolute Gasteiger partial charge is 0.363 e. The molecule has 0 aromatic rings. The zero-order valence-electron chi connectivity index (χ0n) is 11.7. The Morgan fingerprint density at radius 2 is 2.00 bits per heavy atom. The molecule has 2 amide bonds. The standard InChI is InChI=1S/C13H23N3O3/c1-13(8-15-9-13)19-7-11(17)16-5-3-10(4-6-16)12(18)14-2/h10,15H,3-9H2,1-2H3,(H,14,18). The van der Waals surface area contributed by atoms with Gasteiger partial charge in [-0.05, 0) is 19.8 Å². The molecule has 2 rings (SSSR count). The van der Waals surface area contributed by atoms with Crippen LogP contribution in [0.1, 0.15) is 19.8 Å². The van der Waals surface area contributed by atoms with Gasteiger partial charge in [0.2, 0.25) is 11.8 Å². The van der Waals surface area contributed by atoms with Crippen LogP contribution in [0.5, 0.6) is 0 Å². The van der Waals surface area contributed by atoms with Crippen molar-refractivity contribution in [2.75, 3.05) is 39.8 Å². The summed E-state index contributed by atoms with van der Waals surface area (Å²) in [6.07, 6.45) is 1.48. The Balaban J connectivity index is 1.71. The van der Waals surface area contributed by atoms with Crippen LogP contribution in [-0.2, 0) is 14.3 Å². The molecule has 2 heterocycles. The molecule has 2 aliphatic heterocycles. The lowest BCUT2D eigenvalue weighted by Crippen LogP contribution is -2.60. The maximum Gasteiger partial charge on any atom is 0.248 e. The van der Waals surface area contributed by atoms with Crippen molar-refractivity contribution in [1.82, 2.24) is 15.5 Å². The molecule has 2 fully saturated rings. The Bertz CT molecular complexity index is 347. The number of hydrogen-bond acceptors (Lipinski definition) is 4. The first kappa shape index (κ1) is 14.3. The van der Waals surface area contributed by atoms with Crippen molar-refractivity contribution in [1.29, 1.82) is 0 Å². The minimum absolute atomic E-state index is 0.0310. The number of rotatable bonds is 4. The van der Waals surface area contributed by atoms with Crippen molar-refractivity contribution >= 4 is 11.8 Å². The second-order valence-electron chi connectivity index (χ2n) is 5.61. The molecule has 0 bridgehead atoms. The van der Waals surface area contributed by atoms with Gasteiger partial charge in [-0.25, -0.2) is 0 Å². The van der Waals surface area contributed by atoms with Crippen molar-refractivity contribution in [2.24, 2.45) is 5.92 Å². The van der Waals surface area contributed by atoms with E-state index in [-0.39, 0.29) is 29.9 Å². The number of carbonyl (C=O) groups excluding carboxylic acids is 2. The topological polar surface area (TPSA) is 70.7 Å². The van der Waals surface area contributed by atoms with Gasteiger partial charge in [-0.2, -0.15) is 0 Å². The van der Waals surface area contributed by atoms with E-state index >= 15 is 0 Å². The predicted molar refractivity (Wildman–Crippen MR) is 70.6 cm³/mol.